The Hall–Kier alpha value is -2.95. The topological polar surface area (TPSA) is 96.1 Å². The van der Waals surface area contributed by atoms with Gasteiger partial charge in [0.1, 0.15) is 6.54 Å². The van der Waals surface area contributed by atoms with Gasteiger partial charge in [-0.2, -0.15) is 4.31 Å². The zero-order chi connectivity index (χ0) is 25.3. The third-order valence-corrected chi connectivity index (χ3v) is 9.18. The molecular formula is C26H32N4O5S. The van der Waals surface area contributed by atoms with Gasteiger partial charge in [-0.3, -0.25) is 14.3 Å². The summed E-state index contributed by atoms with van der Waals surface area (Å²) in [6.07, 6.45) is 1.66. The summed E-state index contributed by atoms with van der Waals surface area (Å²) in [5.41, 5.74) is 1.83. The number of amides is 1. The zero-order valence-electron chi connectivity index (χ0n) is 20.5. The Morgan fingerprint density at radius 1 is 0.972 bits per heavy atom. The van der Waals surface area contributed by atoms with Crippen molar-refractivity contribution in [3.8, 4) is 0 Å². The number of aromatic nitrogens is 1. The number of rotatable bonds is 6. The van der Waals surface area contributed by atoms with Crippen LogP contribution in [0.15, 0.2) is 62.6 Å². The van der Waals surface area contributed by atoms with Crippen LogP contribution in [-0.2, 0) is 27.9 Å². The number of nitrogens with zero attached hydrogens (tertiary/aromatic N) is 4. The number of sulfonamides is 1. The molecule has 2 aliphatic rings. The molecule has 3 aromatic rings. The highest BCUT2D eigenvalue weighted by Gasteiger charge is 2.29. The molecule has 0 atom stereocenters. The predicted octanol–water partition coefficient (Wildman–Crippen LogP) is 2.36. The number of fused-ring (bicyclic) bond motifs is 1. The van der Waals surface area contributed by atoms with Crippen LogP contribution in [0.5, 0.6) is 0 Å². The van der Waals surface area contributed by atoms with Crippen LogP contribution in [0.1, 0.15) is 25.3 Å². The fourth-order valence-electron chi connectivity index (χ4n) is 4.96. The molecule has 0 spiro atoms. The standard InChI is InChI=1S/C26H32N4O5S/c1-20-9-11-29(12-10-20)36(33,34)22-7-8-23-24(17-22)35-26(32)30(23)19-25(31)28-15-13-27(14-16-28)18-21-5-3-2-4-6-21/h2-8,17,20H,9-16,18-19H2,1H3. The van der Waals surface area contributed by atoms with Gasteiger partial charge >= 0.3 is 5.76 Å². The maximum Gasteiger partial charge on any atom is 0.420 e. The molecule has 0 unspecified atom stereocenters. The van der Waals surface area contributed by atoms with Crippen LogP contribution in [0.25, 0.3) is 11.1 Å². The Morgan fingerprint density at radius 3 is 2.36 bits per heavy atom. The Balaban J connectivity index is 1.25. The van der Waals surface area contributed by atoms with Crippen molar-refractivity contribution in [1.29, 1.82) is 0 Å². The highest BCUT2D eigenvalue weighted by Crippen LogP contribution is 2.26. The largest absolute Gasteiger partial charge is 0.420 e. The number of hydrogen-bond donors (Lipinski definition) is 0. The van der Waals surface area contributed by atoms with E-state index in [9.17, 15) is 18.0 Å². The van der Waals surface area contributed by atoms with E-state index in [1.54, 1.807) is 11.0 Å². The summed E-state index contributed by atoms with van der Waals surface area (Å²) in [5, 5.41) is 0. The fraction of sp³-hybridized carbons (Fsp3) is 0.462. The van der Waals surface area contributed by atoms with Crippen LogP contribution >= 0.6 is 0 Å². The van der Waals surface area contributed by atoms with Crippen LogP contribution in [0.3, 0.4) is 0 Å². The molecule has 0 aliphatic carbocycles. The summed E-state index contributed by atoms with van der Waals surface area (Å²) in [6.45, 7) is 6.51. The number of piperidine rings is 1. The Bertz CT molecular complexity index is 1380. The quantitative estimate of drug-likeness (QED) is 0.503. The second kappa shape index (κ2) is 10.2. The number of benzene rings is 2. The molecule has 3 heterocycles. The summed E-state index contributed by atoms with van der Waals surface area (Å²) in [6, 6.07) is 14.7. The number of hydrogen-bond acceptors (Lipinski definition) is 6. The lowest BCUT2D eigenvalue weighted by atomic mass is 10.0. The highest BCUT2D eigenvalue weighted by molar-refractivity contribution is 7.89. The van der Waals surface area contributed by atoms with Gasteiger partial charge in [0.15, 0.2) is 5.58 Å². The normalized spacial score (nSPS) is 18.6. The van der Waals surface area contributed by atoms with Crippen molar-refractivity contribution in [2.45, 2.75) is 37.8 Å². The highest BCUT2D eigenvalue weighted by atomic mass is 32.2. The molecule has 10 heteroatoms. The van der Waals surface area contributed by atoms with Gasteiger partial charge in [0.2, 0.25) is 15.9 Å². The van der Waals surface area contributed by atoms with Gasteiger partial charge in [-0.05, 0) is 36.5 Å². The second-order valence-corrected chi connectivity index (χ2v) is 11.8. The minimum Gasteiger partial charge on any atom is -0.408 e. The number of carbonyl (C=O) groups is 1. The van der Waals surface area contributed by atoms with Crippen molar-refractivity contribution in [3.05, 3.63) is 64.6 Å². The van der Waals surface area contributed by atoms with E-state index in [0.717, 1.165) is 32.5 Å². The molecule has 0 radical (unpaired) electrons. The van der Waals surface area contributed by atoms with Crippen molar-refractivity contribution in [1.82, 2.24) is 18.7 Å². The smallest absolute Gasteiger partial charge is 0.408 e. The second-order valence-electron chi connectivity index (χ2n) is 9.81. The van der Waals surface area contributed by atoms with E-state index in [1.165, 1.54) is 26.6 Å². The summed E-state index contributed by atoms with van der Waals surface area (Å²) in [7, 11) is -3.67. The average Bonchev–Trinajstić information content (AvgIpc) is 3.19. The monoisotopic (exact) mass is 512 g/mol. The molecule has 0 bridgehead atoms. The fourth-order valence-corrected chi connectivity index (χ4v) is 6.45. The molecule has 192 valence electrons. The number of oxazole rings is 1. The molecule has 0 saturated carbocycles. The Morgan fingerprint density at radius 2 is 1.67 bits per heavy atom. The van der Waals surface area contributed by atoms with E-state index >= 15 is 0 Å². The molecule has 2 saturated heterocycles. The minimum absolute atomic E-state index is 0.103. The first-order chi connectivity index (χ1) is 17.3. The van der Waals surface area contributed by atoms with Gasteiger partial charge in [-0.1, -0.05) is 37.3 Å². The van der Waals surface area contributed by atoms with Crippen LogP contribution in [0, 0.1) is 5.92 Å². The van der Waals surface area contributed by atoms with Crippen LogP contribution in [0.2, 0.25) is 0 Å². The Kier molecular flexibility index (Phi) is 7.00. The third kappa shape index (κ3) is 5.11. The molecule has 1 amide bonds. The van der Waals surface area contributed by atoms with E-state index in [1.807, 2.05) is 18.2 Å². The maximum absolute atomic E-state index is 13.1. The van der Waals surface area contributed by atoms with Crippen molar-refractivity contribution in [3.63, 3.8) is 0 Å². The summed E-state index contributed by atoms with van der Waals surface area (Å²) >= 11 is 0. The van der Waals surface area contributed by atoms with Crippen molar-refractivity contribution in [2.75, 3.05) is 39.3 Å². The molecule has 0 N–H and O–H groups in total. The van der Waals surface area contributed by atoms with Gasteiger partial charge in [0, 0.05) is 51.9 Å². The van der Waals surface area contributed by atoms with Gasteiger partial charge < -0.3 is 9.32 Å². The SMILES string of the molecule is CC1CCN(S(=O)(=O)c2ccc3c(c2)oc(=O)n3CC(=O)N2CCN(Cc3ccccc3)CC2)CC1. The van der Waals surface area contributed by atoms with Crippen molar-refractivity contribution >= 4 is 27.0 Å². The van der Waals surface area contributed by atoms with Crippen molar-refractivity contribution < 1.29 is 17.6 Å². The molecule has 2 aliphatic heterocycles. The van der Waals surface area contributed by atoms with E-state index in [4.69, 9.17) is 4.42 Å². The minimum atomic E-state index is -3.67. The lowest BCUT2D eigenvalue weighted by molar-refractivity contribution is -0.133. The van der Waals surface area contributed by atoms with E-state index in [-0.39, 0.29) is 22.9 Å². The summed E-state index contributed by atoms with van der Waals surface area (Å²) < 4.78 is 34.3. The summed E-state index contributed by atoms with van der Waals surface area (Å²) in [5.74, 6) is -0.309. The molecule has 1 aromatic heterocycles. The molecule has 2 fully saturated rings. The molecule has 36 heavy (non-hydrogen) atoms. The molecule has 2 aromatic carbocycles. The van der Waals surface area contributed by atoms with Gasteiger partial charge in [0.25, 0.3) is 0 Å². The average molecular weight is 513 g/mol. The first-order valence-electron chi connectivity index (χ1n) is 12.5. The maximum atomic E-state index is 13.1. The van der Waals surface area contributed by atoms with Crippen LogP contribution in [0.4, 0.5) is 0 Å². The lowest BCUT2D eigenvalue weighted by Gasteiger charge is -2.34. The van der Waals surface area contributed by atoms with Crippen LogP contribution < -0.4 is 5.76 Å². The molecule has 5 rings (SSSR count). The molecular weight excluding hydrogens is 480 g/mol. The van der Waals surface area contributed by atoms with E-state index in [2.05, 4.69) is 24.0 Å². The van der Waals surface area contributed by atoms with Gasteiger partial charge in [0.05, 0.1) is 10.4 Å². The Labute approximate surface area is 210 Å². The lowest BCUT2D eigenvalue weighted by Crippen LogP contribution is -2.49. The predicted molar refractivity (Wildman–Crippen MR) is 136 cm³/mol. The van der Waals surface area contributed by atoms with Gasteiger partial charge in [-0.15, -0.1) is 0 Å². The molecule has 9 nitrogen and oxygen atoms in total. The van der Waals surface area contributed by atoms with Crippen LogP contribution in [-0.4, -0.2) is 72.3 Å². The third-order valence-electron chi connectivity index (χ3n) is 7.29. The van der Waals surface area contributed by atoms with Crippen molar-refractivity contribution in [2.24, 2.45) is 5.92 Å². The zero-order valence-corrected chi connectivity index (χ0v) is 21.3. The first kappa shape index (κ1) is 24.7. The van der Waals surface area contributed by atoms with E-state index in [0.29, 0.717) is 37.6 Å². The van der Waals surface area contributed by atoms with Gasteiger partial charge in [-0.25, -0.2) is 13.2 Å². The summed E-state index contributed by atoms with van der Waals surface area (Å²) in [4.78, 5) is 29.7. The first-order valence-corrected chi connectivity index (χ1v) is 13.9. The van der Waals surface area contributed by atoms with E-state index < -0.39 is 15.8 Å². The number of piperazine rings is 1. The number of carbonyl (C=O) groups excluding carboxylic acids is 1.